The van der Waals surface area contributed by atoms with E-state index >= 15 is 0 Å². The zero-order chi connectivity index (χ0) is 17.7. The molecule has 1 aromatic rings. The van der Waals surface area contributed by atoms with Crippen molar-refractivity contribution in [2.75, 3.05) is 11.9 Å². The first-order chi connectivity index (χ1) is 11.4. The van der Waals surface area contributed by atoms with Gasteiger partial charge in [-0.05, 0) is 38.0 Å². The van der Waals surface area contributed by atoms with Crippen LogP contribution in [0.1, 0.15) is 30.1 Å². The summed E-state index contributed by atoms with van der Waals surface area (Å²) in [6, 6.07) is 4.57. The number of allylic oxidation sites excluding steroid dienone is 2. The molecule has 0 saturated carbocycles. The van der Waals surface area contributed by atoms with Crippen molar-refractivity contribution in [1.82, 2.24) is 5.32 Å². The van der Waals surface area contributed by atoms with Gasteiger partial charge in [0, 0.05) is 11.6 Å². The van der Waals surface area contributed by atoms with Crippen molar-refractivity contribution in [1.29, 1.82) is 0 Å². The van der Waals surface area contributed by atoms with E-state index in [0.29, 0.717) is 24.4 Å². The molecular weight excluding hydrogens is 332 g/mol. The van der Waals surface area contributed by atoms with Crippen molar-refractivity contribution in [2.24, 2.45) is 11.8 Å². The third-order valence-corrected chi connectivity index (χ3v) is 4.14. The van der Waals surface area contributed by atoms with Crippen molar-refractivity contribution in [3.8, 4) is 0 Å². The number of aliphatic carboxylic acids is 1. The van der Waals surface area contributed by atoms with Crippen LogP contribution in [0.3, 0.4) is 0 Å². The molecule has 0 heterocycles. The standard InChI is InChI=1S/C17H19ClN2O4/c1-2-19-15(21)13-8-7-10(18)9-14(13)20-16(22)11-5-3-4-6-12(11)17(23)24/h3-4,7-9,11-12H,2,5-6H2,1H3,(H,19,21)(H,20,22)(H,23,24)/t11-,12+/m1/s1. The summed E-state index contributed by atoms with van der Waals surface area (Å²) in [5.74, 6) is -3.23. The SMILES string of the molecule is CCNC(=O)c1ccc(Cl)cc1NC(=O)[C@@H]1CC=CC[C@@H]1C(=O)O. The number of carboxylic acids is 1. The van der Waals surface area contributed by atoms with Gasteiger partial charge in [-0.25, -0.2) is 0 Å². The quantitative estimate of drug-likeness (QED) is 0.711. The normalized spacial score (nSPS) is 19.6. The van der Waals surface area contributed by atoms with Crippen LogP contribution in [0.25, 0.3) is 0 Å². The summed E-state index contributed by atoms with van der Waals surface area (Å²) in [5.41, 5.74) is 0.560. The second-order valence-corrected chi connectivity index (χ2v) is 5.97. The molecule has 0 saturated heterocycles. The van der Waals surface area contributed by atoms with Crippen molar-refractivity contribution >= 4 is 35.1 Å². The highest BCUT2D eigenvalue weighted by atomic mass is 35.5. The van der Waals surface area contributed by atoms with Crippen molar-refractivity contribution < 1.29 is 19.5 Å². The highest BCUT2D eigenvalue weighted by Crippen LogP contribution is 2.28. The van der Waals surface area contributed by atoms with Gasteiger partial charge >= 0.3 is 5.97 Å². The maximum absolute atomic E-state index is 12.5. The molecule has 24 heavy (non-hydrogen) atoms. The fourth-order valence-electron chi connectivity index (χ4n) is 2.68. The Morgan fingerprint density at radius 3 is 2.50 bits per heavy atom. The van der Waals surface area contributed by atoms with Gasteiger partial charge in [0.1, 0.15) is 0 Å². The van der Waals surface area contributed by atoms with Crippen LogP contribution in [0.5, 0.6) is 0 Å². The highest BCUT2D eigenvalue weighted by Gasteiger charge is 2.34. The van der Waals surface area contributed by atoms with Gasteiger partial charge in [0.15, 0.2) is 0 Å². The summed E-state index contributed by atoms with van der Waals surface area (Å²) >= 11 is 5.96. The Morgan fingerprint density at radius 1 is 1.21 bits per heavy atom. The molecule has 0 aliphatic heterocycles. The van der Waals surface area contributed by atoms with E-state index in [2.05, 4.69) is 10.6 Å². The van der Waals surface area contributed by atoms with Crippen molar-refractivity contribution in [3.63, 3.8) is 0 Å². The predicted molar refractivity (Wildman–Crippen MR) is 91.1 cm³/mol. The first kappa shape index (κ1) is 18.0. The van der Waals surface area contributed by atoms with E-state index in [9.17, 15) is 19.5 Å². The third-order valence-electron chi connectivity index (χ3n) is 3.91. The lowest BCUT2D eigenvalue weighted by Crippen LogP contribution is -2.35. The smallest absolute Gasteiger partial charge is 0.307 e. The Balaban J connectivity index is 2.24. The van der Waals surface area contributed by atoms with E-state index in [0.717, 1.165) is 0 Å². The lowest BCUT2D eigenvalue weighted by Gasteiger charge is -2.24. The third kappa shape index (κ3) is 4.14. The van der Waals surface area contributed by atoms with E-state index < -0.39 is 23.7 Å². The summed E-state index contributed by atoms with van der Waals surface area (Å²) in [6.45, 7) is 2.24. The van der Waals surface area contributed by atoms with Crippen LogP contribution in [0.2, 0.25) is 5.02 Å². The molecule has 0 bridgehead atoms. The average molecular weight is 351 g/mol. The highest BCUT2D eigenvalue weighted by molar-refractivity contribution is 6.31. The second kappa shape index (κ2) is 7.97. The topological polar surface area (TPSA) is 95.5 Å². The predicted octanol–water partition coefficient (Wildman–Crippen LogP) is 2.70. The number of halogens is 1. The van der Waals surface area contributed by atoms with Gasteiger partial charge < -0.3 is 15.7 Å². The zero-order valence-electron chi connectivity index (χ0n) is 13.2. The van der Waals surface area contributed by atoms with Crippen LogP contribution in [0.4, 0.5) is 5.69 Å². The Labute approximate surface area is 144 Å². The fourth-order valence-corrected chi connectivity index (χ4v) is 2.85. The van der Waals surface area contributed by atoms with Gasteiger partial charge in [0.2, 0.25) is 5.91 Å². The molecular formula is C17H19ClN2O4. The molecule has 2 amide bonds. The second-order valence-electron chi connectivity index (χ2n) is 5.53. The van der Waals surface area contributed by atoms with E-state index in [4.69, 9.17) is 11.6 Å². The molecule has 0 radical (unpaired) electrons. The van der Waals surface area contributed by atoms with E-state index in [1.165, 1.54) is 12.1 Å². The molecule has 0 aromatic heterocycles. The molecule has 2 atom stereocenters. The van der Waals surface area contributed by atoms with Crippen molar-refractivity contribution in [3.05, 3.63) is 40.9 Å². The summed E-state index contributed by atoms with van der Waals surface area (Å²) < 4.78 is 0. The van der Waals surface area contributed by atoms with Gasteiger partial charge in [-0.3, -0.25) is 14.4 Å². The van der Waals surface area contributed by atoms with Crippen LogP contribution in [-0.4, -0.2) is 29.4 Å². The minimum absolute atomic E-state index is 0.275. The number of benzene rings is 1. The summed E-state index contributed by atoms with van der Waals surface area (Å²) in [4.78, 5) is 36.0. The summed E-state index contributed by atoms with van der Waals surface area (Å²) in [6.07, 6.45) is 4.22. The molecule has 2 rings (SSSR count). The summed E-state index contributed by atoms with van der Waals surface area (Å²) in [5, 5.41) is 15.0. The molecule has 6 nitrogen and oxygen atoms in total. The molecule has 1 aromatic carbocycles. The molecule has 1 aliphatic carbocycles. The zero-order valence-corrected chi connectivity index (χ0v) is 14.0. The Morgan fingerprint density at radius 2 is 1.88 bits per heavy atom. The van der Waals surface area contributed by atoms with Crippen LogP contribution in [0, 0.1) is 11.8 Å². The van der Waals surface area contributed by atoms with Gasteiger partial charge in [-0.2, -0.15) is 0 Å². The molecule has 0 unspecified atom stereocenters. The summed E-state index contributed by atoms with van der Waals surface area (Å²) in [7, 11) is 0. The molecule has 128 valence electrons. The molecule has 0 fully saturated rings. The van der Waals surface area contributed by atoms with E-state index in [-0.39, 0.29) is 17.2 Å². The monoisotopic (exact) mass is 350 g/mol. The Kier molecular flexibility index (Phi) is 5.98. The number of rotatable bonds is 5. The maximum atomic E-state index is 12.5. The molecule has 1 aliphatic rings. The van der Waals surface area contributed by atoms with Crippen LogP contribution >= 0.6 is 11.6 Å². The average Bonchev–Trinajstić information content (AvgIpc) is 2.55. The number of hydrogen-bond acceptors (Lipinski definition) is 3. The van der Waals surface area contributed by atoms with E-state index in [1.807, 2.05) is 0 Å². The van der Waals surface area contributed by atoms with Gasteiger partial charge in [0.05, 0.1) is 23.1 Å². The van der Waals surface area contributed by atoms with Crippen LogP contribution in [-0.2, 0) is 9.59 Å². The number of amides is 2. The molecule has 7 heteroatoms. The maximum Gasteiger partial charge on any atom is 0.307 e. The lowest BCUT2D eigenvalue weighted by molar-refractivity contribution is -0.146. The number of carbonyl (C=O) groups is 3. The van der Waals surface area contributed by atoms with Gasteiger partial charge in [0.25, 0.3) is 5.91 Å². The Bertz CT molecular complexity index is 687. The number of carbonyl (C=O) groups excluding carboxylic acids is 2. The fraction of sp³-hybridized carbons (Fsp3) is 0.353. The minimum atomic E-state index is -1.01. The van der Waals surface area contributed by atoms with Gasteiger partial charge in [-0.15, -0.1) is 0 Å². The molecule has 0 spiro atoms. The number of anilines is 1. The first-order valence-corrected chi connectivity index (χ1v) is 8.08. The van der Waals surface area contributed by atoms with Crippen molar-refractivity contribution in [2.45, 2.75) is 19.8 Å². The number of nitrogens with one attached hydrogen (secondary N) is 2. The Hall–Kier alpha value is -2.34. The van der Waals surface area contributed by atoms with Crippen LogP contribution < -0.4 is 10.6 Å². The number of carboxylic acid groups (broad SMARTS) is 1. The van der Waals surface area contributed by atoms with Crippen LogP contribution in [0.15, 0.2) is 30.4 Å². The first-order valence-electron chi connectivity index (χ1n) is 7.70. The van der Waals surface area contributed by atoms with Gasteiger partial charge in [-0.1, -0.05) is 23.8 Å². The number of hydrogen-bond donors (Lipinski definition) is 3. The largest absolute Gasteiger partial charge is 0.481 e. The van der Waals surface area contributed by atoms with E-state index in [1.54, 1.807) is 25.1 Å². The molecule has 3 N–H and O–H groups in total. The lowest BCUT2D eigenvalue weighted by atomic mass is 9.82. The minimum Gasteiger partial charge on any atom is -0.481 e.